The van der Waals surface area contributed by atoms with Gasteiger partial charge in [-0.05, 0) is 45.2 Å². The predicted octanol–water partition coefficient (Wildman–Crippen LogP) is 2.32. The van der Waals surface area contributed by atoms with E-state index in [0.29, 0.717) is 6.04 Å². The molecule has 0 saturated heterocycles. The molecule has 0 aliphatic heterocycles. The van der Waals surface area contributed by atoms with Crippen molar-refractivity contribution in [3.63, 3.8) is 0 Å². The number of hydrogen-bond acceptors (Lipinski definition) is 4. The molecule has 4 nitrogen and oxygen atoms in total. The molecule has 2 aliphatic rings. The average molecular weight is 282 g/mol. The van der Waals surface area contributed by atoms with Gasteiger partial charge >= 0.3 is 5.97 Å². The third-order valence-corrected chi connectivity index (χ3v) is 5.21. The van der Waals surface area contributed by atoms with E-state index in [4.69, 9.17) is 4.74 Å². The highest BCUT2D eigenvalue weighted by molar-refractivity contribution is 5.81. The van der Waals surface area contributed by atoms with Crippen molar-refractivity contribution in [1.82, 2.24) is 10.2 Å². The van der Waals surface area contributed by atoms with E-state index in [1.54, 1.807) is 0 Å². The fourth-order valence-electron chi connectivity index (χ4n) is 4.30. The van der Waals surface area contributed by atoms with Crippen LogP contribution in [0.3, 0.4) is 0 Å². The van der Waals surface area contributed by atoms with Gasteiger partial charge in [-0.3, -0.25) is 9.69 Å². The van der Waals surface area contributed by atoms with Crippen LogP contribution in [0.1, 0.15) is 58.8 Å². The minimum atomic E-state index is -0.444. The molecule has 2 saturated carbocycles. The molecule has 0 aromatic rings. The van der Waals surface area contributed by atoms with Crippen LogP contribution in [0.25, 0.3) is 0 Å². The lowest BCUT2D eigenvalue weighted by Crippen LogP contribution is -2.52. The zero-order chi connectivity index (χ0) is 14.6. The number of likely N-dealkylation sites (N-methyl/N-ethyl adjacent to an activating group) is 1. The molecule has 0 amide bonds. The Morgan fingerprint density at radius 2 is 1.95 bits per heavy atom. The maximum absolute atomic E-state index is 12.2. The standard InChI is InChI=1S/C16H30N2O2/c1-4-17-16(15(19)20-3)11-10-14(12-16)18(5-2)13-8-6-7-9-13/h13-14,17H,4-12H2,1-3H3. The van der Waals surface area contributed by atoms with E-state index in [1.165, 1.54) is 32.8 Å². The maximum atomic E-state index is 12.2. The molecule has 0 aromatic carbocycles. The third kappa shape index (κ3) is 3.01. The highest BCUT2D eigenvalue weighted by atomic mass is 16.5. The molecule has 20 heavy (non-hydrogen) atoms. The Kier molecular flexibility index (Phi) is 5.44. The Morgan fingerprint density at radius 1 is 1.25 bits per heavy atom. The SMILES string of the molecule is CCNC1(C(=O)OC)CCC(N(CC)C2CCCC2)C1. The smallest absolute Gasteiger partial charge is 0.326 e. The zero-order valence-corrected chi connectivity index (χ0v) is 13.3. The van der Waals surface area contributed by atoms with Crippen molar-refractivity contribution < 1.29 is 9.53 Å². The monoisotopic (exact) mass is 282 g/mol. The number of hydrogen-bond donors (Lipinski definition) is 1. The van der Waals surface area contributed by atoms with E-state index < -0.39 is 5.54 Å². The molecule has 0 radical (unpaired) electrons. The molecule has 2 atom stereocenters. The molecule has 116 valence electrons. The van der Waals surface area contributed by atoms with E-state index in [1.807, 2.05) is 0 Å². The van der Waals surface area contributed by atoms with Crippen molar-refractivity contribution in [3.8, 4) is 0 Å². The van der Waals surface area contributed by atoms with Gasteiger partial charge in [0, 0.05) is 12.1 Å². The summed E-state index contributed by atoms with van der Waals surface area (Å²) in [6.07, 6.45) is 8.30. The number of nitrogens with zero attached hydrogens (tertiary/aromatic N) is 1. The highest BCUT2D eigenvalue weighted by Gasteiger charge is 2.47. The summed E-state index contributed by atoms with van der Waals surface area (Å²) < 4.78 is 5.06. The van der Waals surface area contributed by atoms with Crippen LogP contribution in [0.5, 0.6) is 0 Å². The second kappa shape index (κ2) is 6.90. The van der Waals surface area contributed by atoms with Crippen molar-refractivity contribution in [1.29, 1.82) is 0 Å². The summed E-state index contributed by atoms with van der Waals surface area (Å²) in [5, 5.41) is 3.41. The van der Waals surface area contributed by atoms with Crippen molar-refractivity contribution in [2.75, 3.05) is 20.2 Å². The van der Waals surface area contributed by atoms with Gasteiger partial charge in [0.1, 0.15) is 5.54 Å². The summed E-state index contributed by atoms with van der Waals surface area (Å²) in [6, 6.07) is 1.27. The lowest BCUT2D eigenvalue weighted by Gasteiger charge is -2.35. The van der Waals surface area contributed by atoms with E-state index in [0.717, 1.165) is 38.4 Å². The second-order valence-corrected chi connectivity index (χ2v) is 6.27. The second-order valence-electron chi connectivity index (χ2n) is 6.27. The van der Waals surface area contributed by atoms with Crippen LogP contribution in [-0.2, 0) is 9.53 Å². The van der Waals surface area contributed by atoms with Crippen molar-refractivity contribution in [2.45, 2.75) is 76.4 Å². The van der Waals surface area contributed by atoms with Gasteiger partial charge in [0.15, 0.2) is 0 Å². The number of nitrogens with one attached hydrogen (secondary N) is 1. The summed E-state index contributed by atoms with van der Waals surface area (Å²) in [6.45, 7) is 6.23. The normalized spacial score (nSPS) is 31.1. The first-order valence-electron chi connectivity index (χ1n) is 8.26. The van der Waals surface area contributed by atoms with Gasteiger partial charge in [-0.1, -0.05) is 26.7 Å². The Balaban J connectivity index is 2.06. The van der Waals surface area contributed by atoms with Crippen LogP contribution >= 0.6 is 0 Å². The van der Waals surface area contributed by atoms with Crippen LogP contribution in [0.2, 0.25) is 0 Å². The molecular weight excluding hydrogens is 252 g/mol. The van der Waals surface area contributed by atoms with E-state index in [9.17, 15) is 4.79 Å². The first-order valence-corrected chi connectivity index (χ1v) is 8.26. The van der Waals surface area contributed by atoms with Crippen LogP contribution in [0.15, 0.2) is 0 Å². The third-order valence-electron chi connectivity index (χ3n) is 5.21. The largest absolute Gasteiger partial charge is 0.468 e. The van der Waals surface area contributed by atoms with Gasteiger partial charge in [-0.25, -0.2) is 0 Å². The molecule has 0 aromatic heterocycles. The number of carbonyl (C=O) groups is 1. The zero-order valence-electron chi connectivity index (χ0n) is 13.3. The number of methoxy groups -OCH3 is 1. The molecule has 2 unspecified atom stereocenters. The van der Waals surface area contributed by atoms with Gasteiger partial charge in [0.25, 0.3) is 0 Å². The summed E-state index contributed by atoms with van der Waals surface area (Å²) in [5.41, 5.74) is -0.444. The van der Waals surface area contributed by atoms with Gasteiger partial charge in [-0.2, -0.15) is 0 Å². The van der Waals surface area contributed by atoms with E-state index in [2.05, 4.69) is 24.1 Å². The quantitative estimate of drug-likeness (QED) is 0.759. The van der Waals surface area contributed by atoms with Gasteiger partial charge in [-0.15, -0.1) is 0 Å². The summed E-state index contributed by atoms with van der Waals surface area (Å²) >= 11 is 0. The van der Waals surface area contributed by atoms with Crippen molar-refractivity contribution in [3.05, 3.63) is 0 Å². The fraction of sp³-hybridized carbons (Fsp3) is 0.938. The summed E-state index contributed by atoms with van der Waals surface area (Å²) in [5.74, 6) is -0.0793. The summed E-state index contributed by atoms with van der Waals surface area (Å²) in [7, 11) is 1.50. The molecule has 0 spiro atoms. The molecule has 2 aliphatic carbocycles. The van der Waals surface area contributed by atoms with Crippen LogP contribution in [0.4, 0.5) is 0 Å². The molecule has 2 rings (SSSR count). The Hall–Kier alpha value is -0.610. The lowest BCUT2D eigenvalue weighted by molar-refractivity contribution is -0.148. The van der Waals surface area contributed by atoms with Gasteiger partial charge < -0.3 is 10.1 Å². The molecule has 2 fully saturated rings. The minimum Gasteiger partial charge on any atom is -0.468 e. The Labute approximate surface area is 123 Å². The topological polar surface area (TPSA) is 41.6 Å². The minimum absolute atomic E-state index is 0.0793. The van der Waals surface area contributed by atoms with Crippen LogP contribution in [-0.4, -0.2) is 48.7 Å². The number of carbonyl (C=O) groups excluding carboxylic acids is 1. The number of ether oxygens (including phenoxy) is 1. The maximum Gasteiger partial charge on any atom is 0.326 e. The number of rotatable bonds is 6. The van der Waals surface area contributed by atoms with Crippen LogP contribution < -0.4 is 5.32 Å². The Morgan fingerprint density at radius 3 is 2.50 bits per heavy atom. The fourth-order valence-corrected chi connectivity index (χ4v) is 4.30. The molecule has 4 heteroatoms. The average Bonchev–Trinajstić information content (AvgIpc) is 3.11. The van der Waals surface area contributed by atoms with Gasteiger partial charge in [0.2, 0.25) is 0 Å². The predicted molar refractivity (Wildman–Crippen MR) is 80.7 cm³/mol. The van der Waals surface area contributed by atoms with Crippen molar-refractivity contribution >= 4 is 5.97 Å². The molecule has 0 bridgehead atoms. The summed E-state index contributed by atoms with van der Waals surface area (Å²) in [4.78, 5) is 14.8. The van der Waals surface area contributed by atoms with Gasteiger partial charge in [0.05, 0.1) is 7.11 Å². The Bertz CT molecular complexity index is 328. The molecule has 1 N–H and O–H groups in total. The van der Waals surface area contributed by atoms with Crippen molar-refractivity contribution in [2.24, 2.45) is 0 Å². The highest BCUT2D eigenvalue weighted by Crippen LogP contribution is 2.37. The number of esters is 1. The first-order chi connectivity index (χ1) is 9.66. The van der Waals surface area contributed by atoms with Crippen LogP contribution in [0, 0.1) is 0 Å². The van der Waals surface area contributed by atoms with E-state index in [-0.39, 0.29) is 5.97 Å². The lowest BCUT2D eigenvalue weighted by atomic mass is 9.96. The molecular formula is C16H30N2O2. The molecule has 0 heterocycles. The first kappa shape index (κ1) is 15.8. The van der Waals surface area contributed by atoms with E-state index >= 15 is 0 Å².